The quantitative estimate of drug-likeness (QED) is 0.568. The first-order valence-electron chi connectivity index (χ1n) is 4.05. The van der Waals surface area contributed by atoms with Gasteiger partial charge in [-0.3, -0.25) is 5.41 Å². The van der Waals surface area contributed by atoms with Crippen molar-refractivity contribution in [2.75, 3.05) is 11.9 Å². The minimum absolute atomic E-state index is 0.0275. The van der Waals surface area contributed by atoms with Crippen LogP contribution >= 0.6 is 11.3 Å². The Hall–Kier alpha value is -1.10. The number of hydrogen-bond acceptors (Lipinski definition) is 4. The van der Waals surface area contributed by atoms with Gasteiger partial charge in [0, 0.05) is 18.5 Å². The maximum absolute atomic E-state index is 7.20. The fourth-order valence-corrected chi connectivity index (χ4v) is 1.70. The number of anilines is 1. The first kappa shape index (κ1) is 9.98. The average Bonchev–Trinajstić information content (AvgIpc) is 2.50. The number of nitrogen functional groups attached to an aromatic ring is 1. The predicted octanol–water partition coefficient (Wildman–Crippen LogP) is 1.27. The van der Waals surface area contributed by atoms with E-state index in [4.69, 9.17) is 11.1 Å². The normalized spacial score (nSPS) is 10.5. The molecule has 0 fully saturated rings. The lowest BCUT2D eigenvalue weighted by atomic mass is 10.4. The van der Waals surface area contributed by atoms with E-state index in [2.05, 4.69) is 23.7 Å². The van der Waals surface area contributed by atoms with Crippen LogP contribution in [0.15, 0.2) is 5.38 Å². The number of hydrogen-bond donors (Lipinski definition) is 2. The van der Waals surface area contributed by atoms with Crippen LogP contribution < -0.4 is 10.6 Å². The van der Waals surface area contributed by atoms with E-state index in [1.165, 1.54) is 11.3 Å². The van der Waals surface area contributed by atoms with Crippen molar-refractivity contribution in [1.29, 1.82) is 5.41 Å². The SMILES string of the molecule is CC(C)N(C)c1nc(C(=N)N)cs1. The van der Waals surface area contributed by atoms with Crippen LogP contribution in [0.5, 0.6) is 0 Å². The Morgan fingerprint density at radius 1 is 1.69 bits per heavy atom. The summed E-state index contributed by atoms with van der Waals surface area (Å²) in [5.74, 6) is 0.0275. The van der Waals surface area contributed by atoms with Crippen LogP contribution in [0.2, 0.25) is 0 Å². The van der Waals surface area contributed by atoms with E-state index in [9.17, 15) is 0 Å². The predicted molar refractivity (Wildman–Crippen MR) is 56.7 cm³/mol. The van der Waals surface area contributed by atoms with E-state index in [0.29, 0.717) is 11.7 Å². The Kier molecular flexibility index (Phi) is 2.87. The summed E-state index contributed by atoms with van der Waals surface area (Å²) in [6.07, 6.45) is 0. The van der Waals surface area contributed by atoms with Crippen LogP contribution in [0.4, 0.5) is 5.13 Å². The maximum atomic E-state index is 7.20. The fourth-order valence-electron chi connectivity index (χ4n) is 0.771. The molecule has 72 valence electrons. The zero-order chi connectivity index (χ0) is 10.0. The second kappa shape index (κ2) is 3.74. The first-order chi connectivity index (χ1) is 6.02. The molecule has 5 heteroatoms. The van der Waals surface area contributed by atoms with Crippen LogP contribution in [-0.4, -0.2) is 23.9 Å². The summed E-state index contributed by atoms with van der Waals surface area (Å²) >= 11 is 1.51. The molecule has 0 aliphatic rings. The van der Waals surface area contributed by atoms with Gasteiger partial charge in [-0.1, -0.05) is 0 Å². The van der Waals surface area contributed by atoms with Crippen molar-refractivity contribution in [3.63, 3.8) is 0 Å². The largest absolute Gasteiger partial charge is 0.382 e. The minimum atomic E-state index is 0.0275. The Morgan fingerprint density at radius 3 is 2.69 bits per heavy atom. The second-order valence-electron chi connectivity index (χ2n) is 3.13. The zero-order valence-electron chi connectivity index (χ0n) is 8.03. The van der Waals surface area contributed by atoms with Crippen molar-refractivity contribution in [2.45, 2.75) is 19.9 Å². The Morgan fingerprint density at radius 2 is 2.31 bits per heavy atom. The van der Waals surface area contributed by atoms with Crippen molar-refractivity contribution in [3.8, 4) is 0 Å². The highest BCUT2D eigenvalue weighted by molar-refractivity contribution is 7.13. The third kappa shape index (κ3) is 2.18. The van der Waals surface area contributed by atoms with Crippen molar-refractivity contribution in [2.24, 2.45) is 5.73 Å². The summed E-state index contributed by atoms with van der Waals surface area (Å²) in [5, 5.41) is 9.91. The second-order valence-corrected chi connectivity index (χ2v) is 3.97. The number of rotatable bonds is 3. The maximum Gasteiger partial charge on any atom is 0.185 e. The van der Waals surface area contributed by atoms with Crippen LogP contribution in [0.3, 0.4) is 0 Å². The summed E-state index contributed by atoms with van der Waals surface area (Å²) in [5.41, 5.74) is 5.87. The van der Waals surface area contributed by atoms with Gasteiger partial charge in [0.15, 0.2) is 5.13 Å². The molecule has 1 aromatic rings. The molecule has 0 amide bonds. The number of thiazole rings is 1. The van der Waals surface area contributed by atoms with Crippen molar-refractivity contribution >= 4 is 22.3 Å². The number of amidine groups is 1. The molecule has 4 nitrogen and oxygen atoms in total. The molecule has 0 unspecified atom stereocenters. The van der Waals surface area contributed by atoms with Gasteiger partial charge in [-0.2, -0.15) is 0 Å². The lowest BCUT2D eigenvalue weighted by Gasteiger charge is -2.19. The molecule has 13 heavy (non-hydrogen) atoms. The summed E-state index contributed by atoms with van der Waals surface area (Å²) in [6, 6.07) is 0.408. The number of nitrogens with one attached hydrogen (secondary N) is 1. The Balaban J connectivity index is 2.85. The molecule has 0 saturated carbocycles. The van der Waals surface area contributed by atoms with Gasteiger partial charge in [-0.15, -0.1) is 11.3 Å². The number of nitrogens with two attached hydrogens (primary N) is 1. The third-order valence-corrected chi connectivity index (χ3v) is 2.78. The molecule has 0 aromatic carbocycles. The molecule has 3 N–H and O–H groups in total. The third-order valence-electron chi connectivity index (χ3n) is 1.84. The molecule has 0 radical (unpaired) electrons. The van der Waals surface area contributed by atoms with E-state index in [1.807, 2.05) is 7.05 Å². The van der Waals surface area contributed by atoms with E-state index in [-0.39, 0.29) is 5.84 Å². The van der Waals surface area contributed by atoms with Crippen molar-refractivity contribution in [1.82, 2.24) is 4.98 Å². The van der Waals surface area contributed by atoms with Crippen molar-refractivity contribution in [3.05, 3.63) is 11.1 Å². The highest BCUT2D eigenvalue weighted by Gasteiger charge is 2.10. The molecule has 0 spiro atoms. The van der Waals surface area contributed by atoms with E-state index in [0.717, 1.165) is 5.13 Å². The van der Waals surface area contributed by atoms with Gasteiger partial charge >= 0.3 is 0 Å². The first-order valence-corrected chi connectivity index (χ1v) is 4.93. The standard InChI is InChI=1S/C8H14N4S/c1-5(2)12(3)8-11-6(4-13-8)7(9)10/h4-5H,1-3H3,(H3,9,10). The molecule has 0 atom stereocenters. The van der Waals surface area contributed by atoms with Gasteiger partial charge in [0.2, 0.25) is 0 Å². The van der Waals surface area contributed by atoms with E-state index < -0.39 is 0 Å². The Bertz CT molecular complexity index is 305. The molecule has 0 aliphatic carbocycles. The van der Waals surface area contributed by atoms with Crippen LogP contribution in [0.25, 0.3) is 0 Å². The van der Waals surface area contributed by atoms with Crippen LogP contribution in [0, 0.1) is 5.41 Å². The van der Waals surface area contributed by atoms with Gasteiger partial charge in [-0.05, 0) is 13.8 Å². The topological polar surface area (TPSA) is 66.0 Å². The monoisotopic (exact) mass is 198 g/mol. The highest BCUT2D eigenvalue weighted by atomic mass is 32.1. The van der Waals surface area contributed by atoms with E-state index in [1.54, 1.807) is 5.38 Å². The summed E-state index contributed by atoms with van der Waals surface area (Å²) < 4.78 is 0. The van der Waals surface area contributed by atoms with Crippen LogP contribution in [-0.2, 0) is 0 Å². The zero-order valence-corrected chi connectivity index (χ0v) is 8.85. The molecule has 0 bridgehead atoms. The van der Waals surface area contributed by atoms with Gasteiger partial charge in [0.1, 0.15) is 11.5 Å². The summed E-state index contributed by atoms with van der Waals surface area (Å²) in [4.78, 5) is 6.28. The van der Waals surface area contributed by atoms with Crippen molar-refractivity contribution < 1.29 is 0 Å². The summed E-state index contributed by atoms with van der Waals surface area (Å²) in [6.45, 7) is 4.18. The Labute approximate surface area is 81.9 Å². The van der Waals surface area contributed by atoms with Gasteiger partial charge in [0.05, 0.1) is 0 Å². The average molecular weight is 198 g/mol. The molecule has 1 aromatic heterocycles. The molecule has 0 saturated heterocycles. The lowest BCUT2D eigenvalue weighted by molar-refractivity contribution is 0.751. The molecular weight excluding hydrogens is 184 g/mol. The number of nitrogens with zero attached hydrogens (tertiary/aromatic N) is 2. The van der Waals surface area contributed by atoms with Gasteiger partial charge < -0.3 is 10.6 Å². The smallest absolute Gasteiger partial charge is 0.185 e. The van der Waals surface area contributed by atoms with Crippen LogP contribution in [0.1, 0.15) is 19.5 Å². The molecule has 1 heterocycles. The minimum Gasteiger partial charge on any atom is -0.382 e. The molecule has 0 aliphatic heterocycles. The van der Waals surface area contributed by atoms with E-state index >= 15 is 0 Å². The number of aromatic nitrogens is 1. The lowest BCUT2D eigenvalue weighted by Crippen LogP contribution is -2.25. The summed E-state index contributed by atoms with van der Waals surface area (Å²) in [7, 11) is 1.98. The van der Waals surface area contributed by atoms with Gasteiger partial charge in [0.25, 0.3) is 0 Å². The highest BCUT2D eigenvalue weighted by Crippen LogP contribution is 2.20. The van der Waals surface area contributed by atoms with Gasteiger partial charge in [-0.25, -0.2) is 4.98 Å². The molecule has 1 rings (SSSR count). The molecular formula is C8H14N4S. The fraction of sp³-hybridized carbons (Fsp3) is 0.500.